The molecule has 0 spiro atoms. The average molecular weight is 290 g/mol. The van der Waals surface area contributed by atoms with Crippen LogP contribution in [0.3, 0.4) is 0 Å². The zero-order valence-electron chi connectivity index (χ0n) is 11.8. The van der Waals surface area contributed by atoms with Crippen molar-refractivity contribution in [3.63, 3.8) is 0 Å². The highest BCUT2D eigenvalue weighted by Crippen LogP contribution is 2.17. The van der Waals surface area contributed by atoms with Crippen LogP contribution in [0.5, 0.6) is 0 Å². The molecule has 0 aromatic carbocycles. The number of hydrogen-bond acceptors (Lipinski definition) is 7. The Labute approximate surface area is 122 Å². The van der Waals surface area contributed by atoms with Gasteiger partial charge in [-0.2, -0.15) is 0 Å². The van der Waals surface area contributed by atoms with Gasteiger partial charge in [0.05, 0.1) is 24.1 Å². The lowest BCUT2D eigenvalue weighted by Gasteiger charge is -2.09. The molecule has 0 atom stereocenters. The van der Waals surface area contributed by atoms with Crippen LogP contribution in [0.15, 0.2) is 23.6 Å². The van der Waals surface area contributed by atoms with Crippen LogP contribution in [-0.4, -0.2) is 32.7 Å². The van der Waals surface area contributed by atoms with Gasteiger partial charge in [-0.05, 0) is 20.1 Å². The zero-order valence-corrected chi connectivity index (χ0v) is 12.7. The molecule has 0 saturated carbocycles. The van der Waals surface area contributed by atoms with Gasteiger partial charge < -0.3 is 10.6 Å². The van der Waals surface area contributed by atoms with Crippen molar-refractivity contribution in [3.8, 4) is 0 Å². The molecule has 2 aromatic heterocycles. The Morgan fingerprint density at radius 2 is 1.85 bits per heavy atom. The van der Waals surface area contributed by atoms with Gasteiger partial charge in [0.25, 0.3) is 0 Å². The molecule has 0 radical (unpaired) electrons. The van der Waals surface area contributed by atoms with Crippen LogP contribution < -0.4 is 10.6 Å². The maximum atomic E-state index is 4.42. The summed E-state index contributed by atoms with van der Waals surface area (Å²) in [6.07, 6.45) is 5.48. The van der Waals surface area contributed by atoms with Gasteiger partial charge in [-0.3, -0.25) is 9.97 Å². The van der Waals surface area contributed by atoms with E-state index in [0.717, 1.165) is 34.7 Å². The quantitative estimate of drug-likeness (QED) is 0.624. The predicted octanol–water partition coefficient (Wildman–Crippen LogP) is 2.34. The van der Waals surface area contributed by atoms with E-state index in [9.17, 15) is 0 Å². The predicted molar refractivity (Wildman–Crippen MR) is 82.1 cm³/mol. The summed E-state index contributed by atoms with van der Waals surface area (Å²) >= 11 is 1.52. The van der Waals surface area contributed by atoms with Gasteiger partial charge in [-0.15, -0.1) is 0 Å². The SMILES string of the molecule is CCNc1cc(NCc2cnc(C)cn2)nc(SC)n1. The second kappa shape index (κ2) is 7.04. The Hall–Kier alpha value is -1.89. The Balaban J connectivity index is 2.07. The summed E-state index contributed by atoms with van der Waals surface area (Å²) in [5.74, 6) is 1.60. The summed E-state index contributed by atoms with van der Waals surface area (Å²) in [6.45, 7) is 5.37. The monoisotopic (exact) mass is 290 g/mol. The molecule has 6 nitrogen and oxygen atoms in total. The molecule has 0 bridgehead atoms. The maximum Gasteiger partial charge on any atom is 0.191 e. The molecule has 2 heterocycles. The first-order chi connectivity index (χ1) is 9.71. The Morgan fingerprint density at radius 3 is 2.45 bits per heavy atom. The number of anilines is 2. The van der Waals surface area contributed by atoms with E-state index < -0.39 is 0 Å². The number of rotatable bonds is 6. The van der Waals surface area contributed by atoms with Crippen LogP contribution in [-0.2, 0) is 6.54 Å². The molecule has 0 fully saturated rings. The van der Waals surface area contributed by atoms with E-state index in [1.54, 1.807) is 12.4 Å². The zero-order chi connectivity index (χ0) is 14.4. The molecule has 2 N–H and O–H groups in total. The second-order valence-corrected chi connectivity index (χ2v) is 4.93. The summed E-state index contributed by atoms with van der Waals surface area (Å²) < 4.78 is 0. The summed E-state index contributed by atoms with van der Waals surface area (Å²) in [4.78, 5) is 17.3. The van der Waals surface area contributed by atoms with Gasteiger partial charge in [-0.1, -0.05) is 11.8 Å². The number of aromatic nitrogens is 4. The molecule has 0 amide bonds. The molecule has 7 heteroatoms. The fourth-order valence-corrected chi connectivity index (χ4v) is 1.95. The highest BCUT2D eigenvalue weighted by Gasteiger charge is 2.04. The van der Waals surface area contributed by atoms with Gasteiger partial charge in [-0.25, -0.2) is 9.97 Å². The highest BCUT2D eigenvalue weighted by molar-refractivity contribution is 7.98. The third-order valence-electron chi connectivity index (χ3n) is 2.53. The van der Waals surface area contributed by atoms with E-state index in [4.69, 9.17) is 0 Å². The van der Waals surface area contributed by atoms with Gasteiger partial charge in [0, 0.05) is 18.8 Å². The Morgan fingerprint density at radius 1 is 1.10 bits per heavy atom. The van der Waals surface area contributed by atoms with Crippen LogP contribution in [0.1, 0.15) is 18.3 Å². The Kier molecular flexibility index (Phi) is 5.11. The van der Waals surface area contributed by atoms with E-state index in [1.807, 2.05) is 26.2 Å². The largest absolute Gasteiger partial charge is 0.370 e. The molecule has 0 aliphatic heterocycles. The highest BCUT2D eigenvalue weighted by atomic mass is 32.2. The smallest absolute Gasteiger partial charge is 0.191 e. The molecular formula is C13H18N6S. The van der Waals surface area contributed by atoms with E-state index in [1.165, 1.54) is 11.8 Å². The van der Waals surface area contributed by atoms with E-state index in [2.05, 4.69) is 30.6 Å². The van der Waals surface area contributed by atoms with Crippen molar-refractivity contribution in [1.29, 1.82) is 0 Å². The van der Waals surface area contributed by atoms with Crippen molar-refractivity contribution in [2.45, 2.75) is 25.5 Å². The molecule has 0 aliphatic carbocycles. The third-order valence-corrected chi connectivity index (χ3v) is 3.08. The molecule has 20 heavy (non-hydrogen) atoms. The molecule has 0 unspecified atom stereocenters. The topological polar surface area (TPSA) is 75.6 Å². The summed E-state index contributed by atoms with van der Waals surface area (Å²) in [5, 5.41) is 7.18. The van der Waals surface area contributed by atoms with Crippen molar-refractivity contribution in [2.75, 3.05) is 23.4 Å². The van der Waals surface area contributed by atoms with Crippen LogP contribution >= 0.6 is 11.8 Å². The lowest BCUT2D eigenvalue weighted by molar-refractivity contribution is 0.931. The minimum Gasteiger partial charge on any atom is -0.370 e. The normalized spacial score (nSPS) is 10.3. The molecule has 2 rings (SSSR count). The number of thioether (sulfide) groups is 1. The van der Waals surface area contributed by atoms with Crippen LogP contribution in [0, 0.1) is 6.92 Å². The van der Waals surface area contributed by atoms with Crippen molar-refractivity contribution >= 4 is 23.4 Å². The van der Waals surface area contributed by atoms with Crippen molar-refractivity contribution in [2.24, 2.45) is 0 Å². The van der Waals surface area contributed by atoms with Crippen LogP contribution in [0.4, 0.5) is 11.6 Å². The van der Waals surface area contributed by atoms with Gasteiger partial charge >= 0.3 is 0 Å². The maximum absolute atomic E-state index is 4.42. The number of nitrogens with zero attached hydrogens (tertiary/aromatic N) is 4. The van der Waals surface area contributed by atoms with E-state index in [-0.39, 0.29) is 0 Å². The summed E-state index contributed by atoms with van der Waals surface area (Å²) in [5.41, 5.74) is 1.79. The molecule has 0 saturated heterocycles. The average Bonchev–Trinajstić information content (AvgIpc) is 2.47. The minimum atomic E-state index is 0.587. The Bertz CT molecular complexity index is 557. The van der Waals surface area contributed by atoms with Crippen LogP contribution in [0.25, 0.3) is 0 Å². The number of hydrogen-bond donors (Lipinski definition) is 2. The fourth-order valence-electron chi connectivity index (χ4n) is 1.57. The summed E-state index contributed by atoms with van der Waals surface area (Å²) in [6, 6.07) is 1.89. The van der Waals surface area contributed by atoms with Gasteiger partial charge in [0.1, 0.15) is 11.6 Å². The van der Waals surface area contributed by atoms with Crippen molar-refractivity contribution in [3.05, 3.63) is 29.8 Å². The number of aryl methyl sites for hydroxylation is 1. The lowest BCUT2D eigenvalue weighted by Crippen LogP contribution is -2.07. The van der Waals surface area contributed by atoms with Crippen molar-refractivity contribution in [1.82, 2.24) is 19.9 Å². The summed E-state index contributed by atoms with van der Waals surface area (Å²) in [7, 11) is 0. The lowest BCUT2D eigenvalue weighted by atomic mass is 10.4. The fraction of sp³-hybridized carbons (Fsp3) is 0.385. The van der Waals surface area contributed by atoms with Gasteiger partial charge in [0.2, 0.25) is 0 Å². The van der Waals surface area contributed by atoms with Gasteiger partial charge in [0.15, 0.2) is 5.16 Å². The minimum absolute atomic E-state index is 0.587. The second-order valence-electron chi connectivity index (χ2n) is 4.16. The van der Waals surface area contributed by atoms with Crippen LogP contribution in [0.2, 0.25) is 0 Å². The van der Waals surface area contributed by atoms with E-state index in [0.29, 0.717) is 6.54 Å². The molecule has 106 valence electrons. The third kappa shape index (κ3) is 4.06. The molecule has 2 aromatic rings. The molecular weight excluding hydrogens is 272 g/mol. The first-order valence-corrected chi connectivity index (χ1v) is 7.62. The first kappa shape index (κ1) is 14.5. The first-order valence-electron chi connectivity index (χ1n) is 6.39. The van der Waals surface area contributed by atoms with E-state index >= 15 is 0 Å². The van der Waals surface area contributed by atoms with Crippen molar-refractivity contribution < 1.29 is 0 Å². The standard InChI is InChI=1S/C13H18N6S/c1-4-14-11-5-12(19-13(18-11)20-3)17-8-10-7-15-9(2)6-16-10/h5-7H,4,8H2,1-3H3,(H2,14,17,18,19). The number of nitrogens with one attached hydrogen (secondary N) is 2. The molecule has 0 aliphatic rings.